The molecule has 0 aromatic heterocycles. The van der Waals surface area contributed by atoms with E-state index in [-0.39, 0.29) is 11.8 Å². The third-order valence-corrected chi connectivity index (χ3v) is 2.26. The molecule has 1 rings (SSSR count). The smallest absolute Gasteiger partial charge is 0.251 e. The molecule has 0 heterocycles. The van der Waals surface area contributed by atoms with E-state index in [0.717, 1.165) is 0 Å². The first-order valence-electron chi connectivity index (χ1n) is 5.44. The number of nitrogens with one attached hydrogen (secondary N) is 3. The number of benzene rings is 1. The van der Waals surface area contributed by atoms with Gasteiger partial charge in [-0.15, -0.1) is 0 Å². The van der Waals surface area contributed by atoms with Crippen LogP contribution in [-0.4, -0.2) is 32.5 Å². The van der Waals surface area contributed by atoms with Crippen LogP contribution in [0.15, 0.2) is 24.3 Å². The predicted octanol–water partition coefficient (Wildman–Crippen LogP) is 0.594. The number of rotatable bonds is 5. The average molecular weight is 235 g/mol. The van der Waals surface area contributed by atoms with Crippen molar-refractivity contribution in [1.82, 2.24) is 10.6 Å². The van der Waals surface area contributed by atoms with E-state index in [4.69, 9.17) is 0 Å². The number of amides is 2. The first-order chi connectivity index (χ1) is 8.17. The highest BCUT2D eigenvalue weighted by atomic mass is 16.2. The lowest BCUT2D eigenvalue weighted by atomic mass is 10.2. The van der Waals surface area contributed by atoms with E-state index in [1.165, 1.54) is 0 Å². The van der Waals surface area contributed by atoms with Gasteiger partial charge in [0, 0.05) is 31.3 Å². The van der Waals surface area contributed by atoms with E-state index in [9.17, 15) is 9.59 Å². The predicted molar refractivity (Wildman–Crippen MR) is 67.0 cm³/mol. The molecule has 0 fully saturated rings. The molecular weight excluding hydrogens is 218 g/mol. The van der Waals surface area contributed by atoms with Gasteiger partial charge in [-0.2, -0.15) is 0 Å². The van der Waals surface area contributed by atoms with E-state index in [0.29, 0.717) is 24.2 Å². The molecule has 0 saturated heterocycles. The van der Waals surface area contributed by atoms with Crippen molar-refractivity contribution < 1.29 is 9.59 Å². The molecule has 3 N–H and O–H groups in total. The Balaban J connectivity index is 2.56. The Hall–Kier alpha value is -1.88. The highest BCUT2D eigenvalue weighted by Gasteiger charge is 2.04. The quantitative estimate of drug-likeness (QED) is 0.699. The minimum absolute atomic E-state index is 0.0490. The number of anilines is 1. The highest BCUT2D eigenvalue weighted by Crippen LogP contribution is 2.09. The van der Waals surface area contributed by atoms with Crippen molar-refractivity contribution in [2.45, 2.75) is 6.42 Å². The molecule has 17 heavy (non-hydrogen) atoms. The van der Waals surface area contributed by atoms with Crippen LogP contribution in [0.4, 0.5) is 5.69 Å². The molecule has 2 amide bonds. The van der Waals surface area contributed by atoms with Crippen LogP contribution in [-0.2, 0) is 4.79 Å². The van der Waals surface area contributed by atoms with Crippen LogP contribution in [0.25, 0.3) is 0 Å². The minimum Gasteiger partial charge on any atom is -0.355 e. The van der Waals surface area contributed by atoms with Crippen LogP contribution in [0.1, 0.15) is 16.8 Å². The Kier molecular flexibility index (Phi) is 5.16. The summed E-state index contributed by atoms with van der Waals surface area (Å²) in [6.07, 6.45) is 0.424. The van der Waals surface area contributed by atoms with Gasteiger partial charge in [0.1, 0.15) is 0 Å². The maximum atomic E-state index is 11.4. The minimum atomic E-state index is -0.141. The Morgan fingerprint density at radius 2 is 1.76 bits per heavy atom. The van der Waals surface area contributed by atoms with E-state index < -0.39 is 0 Å². The fraction of sp³-hybridized carbons (Fsp3) is 0.333. The molecule has 0 aliphatic rings. The van der Waals surface area contributed by atoms with E-state index >= 15 is 0 Å². The van der Waals surface area contributed by atoms with Gasteiger partial charge in [0.2, 0.25) is 5.91 Å². The van der Waals surface area contributed by atoms with Crippen molar-refractivity contribution >= 4 is 17.5 Å². The second kappa shape index (κ2) is 6.65. The zero-order valence-corrected chi connectivity index (χ0v) is 10.0. The van der Waals surface area contributed by atoms with Crippen LogP contribution < -0.4 is 16.0 Å². The molecule has 0 saturated carbocycles. The van der Waals surface area contributed by atoms with E-state index in [1.54, 1.807) is 38.4 Å². The van der Waals surface area contributed by atoms with Crippen LogP contribution in [0.2, 0.25) is 0 Å². The molecule has 0 aliphatic carbocycles. The van der Waals surface area contributed by atoms with Crippen molar-refractivity contribution in [3.05, 3.63) is 29.8 Å². The first kappa shape index (κ1) is 13.2. The molecule has 0 atom stereocenters. The largest absolute Gasteiger partial charge is 0.355 e. The highest BCUT2D eigenvalue weighted by molar-refractivity contribution is 5.95. The zero-order valence-electron chi connectivity index (χ0n) is 10.0. The van der Waals surface area contributed by atoms with Crippen molar-refractivity contribution in [2.24, 2.45) is 0 Å². The van der Waals surface area contributed by atoms with Gasteiger partial charge < -0.3 is 16.0 Å². The summed E-state index contributed by atoms with van der Waals surface area (Å²) >= 11 is 0. The summed E-state index contributed by atoms with van der Waals surface area (Å²) in [6.45, 7) is 0.641. The van der Waals surface area contributed by atoms with Crippen LogP contribution >= 0.6 is 0 Å². The molecule has 5 heteroatoms. The molecule has 0 unspecified atom stereocenters. The van der Waals surface area contributed by atoms with E-state index in [2.05, 4.69) is 16.0 Å². The summed E-state index contributed by atoms with van der Waals surface area (Å²) in [6, 6.07) is 6.77. The summed E-state index contributed by atoms with van der Waals surface area (Å²) < 4.78 is 0. The van der Waals surface area contributed by atoms with Crippen molar-refractivity contribution in [3.63, 3.8) is 0 Å². The summed E-state index contributed by atoms with van der Waals surface area (Å²) in [5.74, 6) is -0.190. The van der Waals surface area contributed by atoms with Crippen LogP contribution in [0.5, 0.6) is 0 Å². The molecule has 0 bridgehead atoms. The molecule has 0 aliphatic heterocycles. The van der Waals surface area contributed by atoms with Crippen molar-refractivity contribution in [3.8, 4) is 0 Å². The van der Waals surface area contributed by atoms with Gasteiger partial charge in [-0.05, 0) is 31.3 Å². The maximum Gasteiger partial charge on any atom is 0.251 e. The first-order valence-corrected chi connectivity index (χ1v) is 5.44. The number of hydrogen-bond donors (Lipinski definition) is 3. The molecule has 0 radical (unpaired) electrons. The lowest BCUT2D eigenvalue weighted by molar-refractivity contribution is -0.116. The molecule has 92 valence electrons. The standard InChI is InChI=1S/C12H17N3O2/c1-13-8-7-11(16)15-10-5-3-9(4-6-10)12(17)14-2/h3-6,13H,7-8H2,1-2H3,(H,14,17)(H,15,16). The Labute approximate surface area is 101 Å². The lowest BCUT2D eigenvalue weighted by Crippen LogP contribution is -2.19. The van der Waals surface area contributed by atoms with Gasteiger partial charge in [-0.25, -0.2) is 0 Å². The fourth-order valence-corrected chi connectivity index (χ4v) is 1.31. The lowest BCUT2D eigenvalue weighted by Gasteiger charge is -2.06. The van der Waals surface area contributed by atoms with Gasteiger partial charge in [-0.3, -0.25) is 9.59 Å². The third kappa shape index (κ3) is 4.24. The molecule has 0 spiro atoms. The zero-order chi connectivity index (χ0) is 12.7. The van der Waals surface area contributed by atoms with Gasteiger partial charge in [0.05, 0.1) is 0 Å². The normalized spacial score (nSPS) is 9.76. The van der Waals surface area contributed by atoms with Gasteiger partial charge in [0.25, 0.3) is 5.91 Å². The summed E-state index contributed by atoms with van der Waals surface area (Å²) in [5.41, 5.74) is 1.26. The number of carbonyl (C=O) groups is 2. The Morgan fingerprint density at radius 1 is 1.12 bits per heavy atom. The second-order valence-corrected chi connectivity index (χ2v) is 3.56. The SMILES string of the molecule is CNCCC(=O)Nc1ccc(C(=O)NC)cc1. The monoisotopic (exact) mass is 235 g/mol. The molecular formula is C12H17N3O2. The van der Waals surface area contributed by atoms with Crippen LogP contribution in [0, 0.1) is 0 Å². The van der Waals surface area contributed by atoms with E-state index in [1.807, 2.05) is 0 Å². The van der Waals surface area contributed by atoms with Crippen molar-refractivity contribution in [2.75, 3.05) is 26.0 Å². The van der Waals surface area contributed by atoms with Gasteiger partial charge in [-0.1, -0.05) is 0 Å². The van der Waals surface area contributed by atoms with Crippen LogP contribution in [0.3, 0.4) is 0 Å². The second-order valence-electron chi connectivity index (χ2n) is 3.56. The summed E-state index contributed by atoms with van der Waals surface area (Å²) in [5, 5.41) is 8.19. The third-order valence-electron chi connectivity index (χ3n) is 2.26. The Bertz CT molecular complexity index is 387. The molecule has 1 aromatic rings. The number of hydrogen-bond acceptors (Lipinski definition) is 3. The molecule has 5 nitrogen and oxygen atoms in total. The topological polar surface area (TPSA) is 70.2 Å². The number of carbonyl (C=O) groups excluding carboxylic acids is 2. The molecule has 1 aromatic carbocycles. The van der Waals surface area contributed by atoms with Gasteiger partial charge in [0.15, 0.2) is 0 Å². The van der Waals surface area contributed by atoms with Crippen molar-refractivity contribution in [1.29, 1.82) is 0 Å². The fourth-order valence-electron chi connectivity index (χ4n) is 1.31. The summed E-state index contributed by atoms with van der Waals surface area (Å²) in [7, 11) is 3.38. The summed E-state index contributed by atoms with van der Waals surface area (Å²) in [4.78, 5) is 22.7. The maximum absolute atomic E-state index is 11.4. The Morgan fingerprint density at radius 3 is 2.29 bits per heavy atom. The average Bonchev–Trinajstić information content (AvgIpc) is 2.36. The van der Waals surface area contributed by atoms with Gasteiger partial charge >= 0.3 is 0 Å².